The predicted octanol–water partition coefficient (Wildman–Crippen LogP) is 7.16. The van der Waals surface area contributed by atoms with Gasteiger partial charge in [-0.3, -0.25) is 4.90 Å². The zero-order valence-electron chi connectivity index (χ0n) is 25.2. The Labute approximate surface area is 260 Å². The van der Waals surface area contributed by atoms with Crippen LogP contribution in [0.3, 0.4) is 0 Å². The molecule has 3 N–H and O–H groups in total. The summed E-state index contributed by atoms with van der Waals surface area (Å²) in [5.41, 5.74) is 5.40. The van der Waals surface area contributed by atoms with Gasteiger partial charge in [-0.15, -0.1) is 0 Å². The van der Waals surface area contributed by atoms with Crippen molar-refractivity contribution in [2.75, 3.05) is 26.4 Å². The fourth-order valence-electron chi connectivity index (χ4n) is 7.37. The molecule has 1 aromatic heterocycles. The topological polar surface area (TPSA) is 117 Å². The molecule has 234 valence electrons. The van der Waals surface area contributed by atoms with Crippen LogP contribution in [0.15, 0.2) is 60.7 Å². The highest BCUT2D eigenvalue weighted by Crippen LogP contribution is 2.45. The summed E-state index contributed by atoms with van der Waals surface area (Å²) >= 11 is 0. The normalized spacial score (nSPS) is 22.1. The Hall–Kier alpha value is -4.44. The molecule has 3 aliphatic rings. The number of amides is 2. The Morgan fingerprint density at radius 3 is 2.42 bits per heavy atom. The first-order chi connectivity index (χ1) is 21.9. The molecule has 1 saturated carbocycles. The molecule has 2 aliphatic carbocycles. The fraction of sp³-hybridized carbons (Fsp3) is 0.400. The van der Waals surface area contributed by atoms with Crippen LogP contribution in [0.5, 0.6) is 0 Å². The molecule has 7 rings (SSSR count). The Balaban J connectivity index is 1.14. The summed E-state index contributed by atoms with van der Waals surface area (Å²) < 4.78 is 27.4. The number of carboxylic acid groups (broad SMARTS) is 1. The van der Waals surface area contributed by atoms with Gasteiger partial charge in [0.1, 0.15) is 17.9 Å². The second kappa shape index (κ2) is 12.2. The molecule has 2 amide bonds. The quantitative estimate of drug-likeness (QED) is 0.213. The van der Waals surface area contributed by atoms with Crippen LogP contribution in [-0.2, 0) is 9.47 Å². The van der Waals surface area contributed by atoms with Crippen LogP contribution in [0, 0.1) is 17.7 Å². The maximum absolute atomic E-state index is 16.0. The molecular formula is C35H37FN4O5. The highest BCUT2D eigenvalue weighted by atomic mass is 19.1. The Kier molecular flexibility index (Phi) is 7.91. The molecule has 2 atom stereocenters. The van der Waals surface area contributed by atoms with Gasteiger partial charge in [-0.25, -0.2) is 19.0 Å². The van der Waals surface area contributed by atoms with Crippen molar-refractivity contribution in [2.45, 2.75) is 50.6 Å². The molecule has 0 radical (unpaired) electrons. The van der Waals surface area contributed by atoms with Gasteiger partial charge in [-0.1, -0.05) is 74.4 Å². The van der Waals surface area contributed by atoms with Crippen molar-refractivity contribution in [3.8, 4) is 11.1 Å². The lowest BCUT2D eigenvalue weighted by Crippen LogP contribution is -2.43. The molecule has 3 aromatic carbocycles. The summed E-state index contributed by atoms with van der Waals surface area (Å²) in [5, 5.41) is 12.8. The number of halogens is 1. The highest BCUT2D eigenvalue weighted by molar-refractivity contribution is 5.80. The molecule has 4 aromatic rings. The minimum Gasteiger partial charge on any atom is -0.465 e. The number of morpholine rings is 1. The molecule has 1 aliphatic heterocycles. The van der Waals surface area contributed by atoms with E-state index in [2.05, 4.69) is 46.5 Å². The van der Waals surface area contributed by atoms with Gasteiger partial charge in [-0.05, 0) is 53.0 Å². The Morgan fingerprint density at radius 1 is 1.04 bits per heavy atom. The maximum Gasteiger partial charge on any atom is 0.407 e. The lowest BCUT2D eigenvalue weighted by Gasteiger charge is -2.33. The standard InChI is InChI=1S/C35H37FN4O5/c1-20-10-12-21(13-11-20)31(39-34(41)45-18-27-24-8-4-2-6-22(24)23-7-3-5-9-25(23)27)33-37-28-15-14-26(30(36)32(28)38-33)29-19-44-17-16-40(29)35(42)43/h2-9,14-15,20-21,27,29,31H,10-13,16-19H2,1H3,(H,37,38)(H,39,41)(H,42,43)/t20?,21?,29?,31-/m0/s1. The van der Waals surface area contributed by atoms with E-state index in [1.807, 2.05) is 24.3 Å². The molecule has 0 bridgehead atoms. The largest absolute Gasteiger partial charge is 0.465 e. The highest BCUT2D eigenvalue weighted by Gasteiger charge is 2.35. The summed E-state index contributed by atoms with van der Waals surface area (Å²) in [6.07, 6.45) is 2.18. The second-order valence-corrected chi connectivity index (χ2v) is 12.5. The van der Waals surface area contributed by atoms with Crippen LogP contribution < -0.4 is 5.32 Å². The first-order valence-electron chi connectivity index (χ1n) is 15.8. The van der Waals surface area contributed by atoms with Crippen molar-refractivity contribution < 1.29 is 28.6 Å². The van der Waals surface area contributed by atoms with E-state index in [4.69, 9.17) is 9.47 Å². The number of aromatic amines is 1. The van der Waals surface area contributed by atoms with Crippen molar-refractivity contribution >= 4 is 23.2 Å². The number of rotatable bonds is 6. The van der Waals surface area contributed by atoms with Gasteiger partial charge in [0.25, 0.3) is 0 Å². The molecule has 1 saturated heterocycles. The zero-order valence-corrected chi connectivity index (χ0v) is 25.2. The van der Waals surface area contributed by atoms with Gasteiger partial charge in [0, 0.05) is 18.0 Å². The van der Waals surface area contributed by atoms with E-state index in [-0.39, 0.29) is 49.3 Å². The second-order valence-electron chi connectivity index (χ2n) is 12.5. The average Bonchev–Trinajstić information content (AvgIpc) is 3.63. The maximum atomic E-state index is 16.0. The van der Waals surface area contributed by atoms with Gasteiger partial charge < -0.3 is 24.9 Å². The number of hydrogen-bond donors (Lipinski definition) is 3. The fourth-order valence-corrected chi connectivity index (χ4v) is 7.37. The van der Waals surface area contributed by atoms with Gasteiger partial charge in [0.05, 0.1) is 30.8 Å². The van der Waals surface area contributed by atoms with Crippen LogP contribution in [0.2, 0.25) is 0 Å². The number of ether oxygens (including phenoxy) is 2. The van der Waals surface area contributed by atoms with Crippen molar-refractivity contribution in [3.05, 3.63) is 89.0 Å². The third-order valence-electron chi connectivity index (χ3n) is 9.82. The SMILES string of the molecule is CC1CCC([C@H](NC(=O)OCC2c3ccccc3-c3ccccc32)c2nc3c(F)c(C4COCCN4C(=O)O)ccc3[nH]2)CC1. The lowest BCUT2D eigenvalue weighted by molar-refractivity contribution is -0.00190. The number of alkyl carbamates (subject to hydrolysis) is 1. The van der Waals surface area contributed by atoms with Crippen molar-refractivity contribution in [1.82, 2.24) is 20.2 Å². The van der Waals surface area contributed by atoms with Gasteiger partial charge >= 0.3 is 12.2 Å². The number of hydrogen-bond acceptors (Lipinski definition) is 5. The molecule has 10 heteroatoms. The van der Waals surface area contributed by atoms with E-state index in [0.717, 1.165) is 47.9 Å². The van der Waals surface area contributed by atoms with Crippen LogP contribution in [0.1, 0.15) is 73.1 Å². The van der Waals surface area contributed by atoms with Gasteiger partial charge in [0.2, 0.25) is 0 Å². The lowest BCUT2D eigenvalue weighted by atomic mass is 9.79. The van der Waals surface area contributed by atoms with Crippen LogP contribution in [0.25, 0.3) is 22.2 Å². The van der Waals surface area contributed by atoms with Crippen LogP contribution >= 0.6 is 0 Å². The third kappa shape index (κ3) is 5.52. The van der Waals surface area contributed by atoms with E-state index in [1.165, 1.54) is 4.90 Å². The summed E-state index contributed by atoms with van der Waals surface area (Å²) in [6, 6.07) is 18.4. The van der Waals surface area contributed by atoms with Crippen LogP contribution in [-0.4, -0.2) is 58.5 Å². The number of carbonyl (C=O) groups excluding carboxylic acids is 1. The van der Waals surface area contributed by atoms with Crippen molar-refractivity contribution in [2.24, 2.45) is 11.8 Å². The van der Waals surface area contributed by atoms with E-state index < -0.39 is 30.1 Å². The zero-order chi connectivity index (χ0) is 31.1. The van der Waals surface area contributed by atoms with Crippen LogP contribution in [0.4, 0.5) is 14.0 Å². The third-order valence-corrected chi connectivity index (χ3v) is 9.82. The van der Waals surface area contributed by atoms with E-state index in [0.29, 0.717) is 17.3 Å². The minimum absolute atomic E-state index is 0.0648. The van der Waals surface area contributed by atoms with E-state index in [9.17, 15) is 14.7 Å². The van der Waals surface area contributed by atoms with E-state index >= 15 is 4.39 Å². The van der Waals surface area contributed by atoms with E-state index in [1.54, 1.807) is 12.1 Å². The Morgan fingerprint density at radius 2 is 1.73 bits per heavy atom. The van der Waals surface area contributed by atoms with Crippen molar-refractivity contribution in [1.29, 1.82) is 0 Å². The molecule has 45 heavy (non-hydrogen) atoms. The predicted molar refractivity (Wildman–Crippen MR) is 166 cm³/mol. The smallest absolute Gasteiger partial charge is 0.407 e. The first-order valence-corrected chi connectivity index (χ1v) is 15.8. The number of aromatic nitrogens is 2. The Bertz CT molecular complexity index is 1690. The van der Waals surface area contributed by atoms with Gasteiger partial charge in [0.15, 0.2) is 5.82 Å². The molecule has 9 nitrogen and oxygen atoms in total. The summed E-state index contributed by atoms with van der Waals surface area (Å²) in [5.74, 6) is 0.504. The summed E-state index contributed by atoms with van der Waals surface area (Å²) in [6.45, 7) is 2.92. The monoisotopic (exact) mass is 612 g/mol. The molecule has 1 unspecified atom stereocenters. The average molecular weight is 613 g/mol. The number of imidazole rings is 1. The summed E-state index contributed by atoms with van der Waals surface area (Å²) in [4.78, 5) is 34.4. The molecular weight excluding hydrogens is 575 g/mol. The number of carbonyl (C=O) groups is 2. The molecule has 2 heterocycles. The molecule has 0 spiro atoms. The number of fused-ring (bicyclic) bond motifs is 4. The first kappa shape index (κ1) is 29.3. The van der Waals surface area contributed by atoms with Gasteiger partial charge in [-0.2, -0.15) is 0 Å². The number of nitrogens with zero attached hydrogens (tertiary/aromatic N) is 2. The summed E-state index contributed by atoms with van der Waals surface area (Å²) in [7, 11) is 0. The van der Waals surface area contributed by atoms with Crippen molar-refractivity contribution in [3.63, 3.8) is 0 Å². The number of H-pyrrole nitrogens is 1. The minimum atomic E-state index is -1.12. The molecule has 2 fully saturated rings. The number of nitrogens with one attached hydrogen (secondary N) is 2. The number of benzene rings is 3.